The second kappa shape index (κ2) is 6.20. The van der Waals surface area contributed by atoms with Crippen LogP contribution in [0.5, 0.6) is 0 Å². The molecule has 3 heteroatoms. The van der Waals surface area contributed by atoms with Crippen LogP contribution in [-0.2, 0) is 4.79 Å². The molecule has 1 amide bonds. The van der Waals surface area contributed by atoms with Gasteiger partial charge in [-0.2, -0.15) is 0 Å². The number of rotatable bonds is 6. The van der Waals surface area contributed by atoms with Gasteiger partial charge in [-0.05, 0) is 58.4 Å². The van der Waals surface area contributed by atoms with Crippen molar-refractivity contribution in [1.82, 2.24) is 10.6 Å². The maximum absolute atomic E-state index is 11.7. The number of nitrogens with one attached hydrogen (secondary N) is 2. The molecule has 1 unspecified atom stereocenters. The zero-order chi connectivity index (χ0) is 12.1. The zero-order valence-corrected chi connectivity index (χ0v) is 10.8. The smallest absolute Gasteiger partial charge is 0.237 e. The summed E-state index contributed by atoms with van der Waals surface area (Å²) in [6, 6.07) is 0.410. The van der Waals surface area contributed by atoms with Crippen molar-refractivity contribution in [1.29, 1.82) is 0 Å². The molecule has 17 heavy (non-hydrogen) atoms. The summed E-state index contributed by atoms with van der Waals surface area (Å²) in [7, 11) is 0. The minimum Gasteiger partial charge on any atom is -0.352 e. The van der Waals surface area contributed by atoms with Gasteiger partial charge in [0.1, 0.15) is 0 Å². The molecule has 96 valence electrons. The average Bonchev–Trinajstić information content (AvgIpc) is 3.14. The summed E-state index contributed by atoms with van der Waals surface area (Å²) in [5.74, 6) is 0.158. The lowest BCUT2D eigenvalue weighted by atomic mass is 9.97. The Kier molecular flexibility index (Phi) is 4.60. The number of allylic oxidation sites excluding steroid dienone is 1. The Morgan fingerprint density at radius 1 is 1.47 bits per heavy atom. The Morgan fingerprint density at radius 3 is 2.94 bits per heavy atom. The van der Waals surface area contributed by atoms with Gasteiger partial charge in [-0.1, -0.05) is 11.6 Å². The third kappa shape index (κ3) is 4.50. The molecule has 2 N–H and O–H groups in total. The van der Waals surface area contributed by atoms with Crippen LogP contribution in [0, 0.1) is 0 Å². The lowest BCUT2D eigenvalue weighted by molar-refractivity contribution is -0.122. The Hall–Kier alpha value is -0.830. The minimum absolute atomic E-state index is 0.0557. The van der Waals surface area contributed by atoms with Crippen LogP contribution >= 0.6 is 0 Å². The Bertz CT molecular complexity index is 295. The normalized spacial score (nSPS) is 21.8. The summed E-state index contributed by atoms with van der Waals surface area (Å²) in [5.41, 5.74) is 1.57. The van der Waals surface area contributed by atoms with E-state index in [1.807, 2.05) is 6.92 Å². The molecular formula is C14H24N2O. The summed E-state index contributed by atoms with van der Waals surface area (Å²) in [6.07, 6.45) is 11.0. The van der Waals surface area contributed by atoms with E-state index in [2.05, 4.69) is 16.7 Å². The molecule has 1 saturated carbocycles. The molecular weight excluding hydrogens is 212 g/mol. The Morgan fingerprint density at radius 2 is 2.29 bits per heavy atom. The van der Waals surface area contributed by atoms with Crippen molar-refractivity contribution in [2.24, 2.45) is 0 Å². The van der Waals surface area contributed by atoms with Crippen LogP contribution in [0.3, 0.4) is 0 Å². The summed E-state index contributed by atoms with van der Waals surface area (Å²) in [4.78, 5) is 11.7. The molecule has 0 heterocycles. The van der Waals surface area contributed by atoms with Crippen molar-refractivity contribution >= 4 is 5.91 Å². The van der Waals surface area contributed by atoms with Crippen molar-refractivity contribution in [3.05, 3.63) is 11.6 Å². The number of carbonyl (C=O) groups is 1. The van der Waals surface area contributed by atoms with Crippen LogP contribution in [0.4, 0.5) is 0 Å². The molecule has 0 aromatic rings. The van der Waals surface area contributed by atoms with Crippen molar-refractivity contribution in [2.45, 2.75) is 64.0 Å². The molecule has 2 rings (SSSR count). The average molecular weight is 236 g/mol. The first-order valence-corrected chi connectivity index (χ1v) is 6.97. The molecule has 1 atom stereocenters. The fourth-order valence-corrected chi connectivity index (χ4v) is 2.23. The monoisotopic (exact) mass is 236 g/mol. The van der Waals surface area contributed by atoms with E-state index < -0.39 is 0 Å². The molecule has 0 aliphatic heterocycles. The first-order valence-electron chi connectivity index (χ1n) is 6.97. The molecule has 3 nitrogen and oxygen atoms in total. The fraction of sp³-hybridized carbons (Fsp3) is 0.786. The minimum atomic E-state index is -0.0557. The zero-order valence-electron chi connectivity index (χ0n) is 10.8. The highest BCUT2D eigenvalue weighted by Crippen LogP contribution is 2.20. The van der Waals surface area contributed by atoms with Crippen molar-refractivity contribution in [3.8, 4) is 0 Å². The SMILES string of the molecule is CC(NCCC1=CCCCC1)C(=O)NC1CC1. The van der Waals surface area contributed by atoms with Gasteiger partial charge in [-0.3, -0.25) is 4.79 Å². The lowest BCUT2D eigenvalue weighted by Gasteiger charge is -2.16. The predicted octanol–water partition coefficient (Wildman–Crippen LogP) is 2.13. The van der Waals surface area contributed by atoms with Gasteiger partial charge in [0.25, 0.3) is 0 Å². The third-order valence-electron chi connectivity index (χ3n) is 3.60. The number of carbonyl (C=O) groups excluding carboxylic acids is 1. The highest BCUT2D eigenvalue weighted by Gasteiger charge is 2.25. The lowest BCUT2D eigenvalue weighted by Crippen LogP contribution is -2.43. The predicted molar refractivity (Wildman–Crippen MR) is 69.8 cm³/mol. The summed E-state index contributed by atoms with van der Waals surface area (Å²) < 4.78 is 0. The van der Waals surface area contributed by atoms with E-state index in [0.29, 0.717) is 6.04 Å². The van der Waals surface area contributed by atoms with Crippen LogP contribution in [0.1, 0.15) is 51.9 Å². The first kappa shape index (κ1) is 12.6. The van der Waals surface area contributed by atoms with Crippen LogP contribution in [0.25, 0.3) is 0 Å². The summed E-state index contributed by atoms with van der Waals surface area (Å²) >= 11 is 0. The second-order valence-electron chi connectivity index (χ2n) is 5.32. The molecule has 0 aromatic heterocycles. The van der Waals surface area contributed by atoms with E-state index in [1.54, 1.807) is 5.57 Å². The number of amides is 1. The van der Waals surface area contributed by atoms with Crippen LogP contribution in [-0.4, -0.2) is 24.5 Å². The molecule has 2 aliphatic carbocycles. The molecule has 1 fully saturated rings. The van der Waals surface area contributed by atoms with Gasteiger partial charge in [-0.25, -0.2) is 0 Å². The highest BCUT2D eigenvalue weighted by molar-refractivity contribution is 5.81. The van der Waals surface area contributed by atoms with Crippen molar-refractivity contribution in [3.63, 3.8) is 0 Å². The summed E-state index contributed by atoms with van der Waals surface area (Å²) in [5, 5.41) is 6.34. The standard InChI is InChI=1S/C14H24N2O/c1-11(14(17)16-13-7-8-13)15-10-9-12-5-3-2-4-6-12/h5,11,13,15H,2-4,6-10H2,1H3,(H,16,17). The Balaban J connectivity index is 1.59. The largest absolute Gasteiger partial charge is 0.352 e. The number of hydrogen-bond donors (Lipinski definition) is 2. The quantitative estimate of drug-likeness (QED) is 0.694. The number of hydrogen-bond acceptors (Lipinski definition) is 2. The molecule has 2 aliphatic rings. The molecule has 0 aromatic carbocycles. The highest BCUT2D eigenvalue weighted by atomic mass is 16.2. The van der Waals surface area contributed by atoms with Gasteiger partial charge in [0.15, 0.2) is 0 Å². The van der Waals surface area contributed by atoms with Gasteiger partial charge in [0, 0.05) is 6.04 Å². The van der Waals surface area contributed by atoms with Crippen LogP contribution < -0.4 is 10.6 Å². The van der Waals surface area contributed by atoms with Gasteiger partial charge >= 0.3 is 0 Å². The fourth-order valence-electron chi connectivity index (χ4n) is 2.23. The maximum atomic E-state index is 11.7. The second-order valence-corrected chi connectivity index (χ2v) is 5.32. The van der Waals surface area contributed by atoms with Crippen molar-refractivity contribution < 1.29 is 4.79 Å². The molecule has 0 bridgehead atoms. The topological polar surface area (TPSA) is 41.1 Å². The molecule has 0 radical (unpaired) electrons. The Labute approximate surface area is 104 Å². The van der Waals surface area contributed by atoms with Gasteiger partial charge in [0.05, 0.1) is 6.04 Å². The van der Waals surface area contributed by atoms with Crippen molar-refractivity contribution in [2.75, 3.05) is 6.54 Å². The van der Waals surface area contributed by atoms with Crippen LogP contribution in [0.2, 0.25) is 0 Å². The molecule has 0 spiro atoms. The van der Waals surface area contributed by atoms with Gasteiger partial charge < -0.3 is 10.6 Å². The van der Waals surface area contributed by atoms with E-state index in [-0.39, 0.29) is 11.9 Å². The van der Waals surface area contributed by atoms with Gasteiger partial charge in [-0.15, -0.1) is 0 Å². The maximum Gasteiger partial charge on any atom is 0.237 e. The third-order valence-corrected chi connectivity index (χ3v) is 3.60. The van der Waals surface area contributed by atoms with E-state index >= 15 is 0 Å². The summed E-state index contributed by atoms with van der Waals surface area (Å²) in [6.45, 7) is 2.87. The van der Waals surface area contributed by atoms with E-state index in [0.717, 1.165) is 25.8 Å². The van der Waals surface area contributed by atoms with E-state index in [9.17, 15) is 4.79 Å². The van der Waals surface area contributed by atoms with E-state index in [4.69, 9.17) is 0 Å². The van der Waals surface area contributed by atoms with Crippen LogP contribution in [0.15, 0.2) is 11.6 Å². The van der Waals surface area contributed by atoms with Gasteiger partial charge in [0.2, 0.25) is 5.91 Å². The van der Waals surface area contributed by atoms with E-state index in [1.165, 1.54) is 25.7 Å². The molecule has 0 saturated heterocycles. The first-order chi connectivity index (χ1) is 8.25.